The molecule has 0 aliphatic rings. The Balaban J connectivity index is 1.93. The Hall–Kier alpha value is -2.80. The summed E-state index contributed by atoms with van der Waals surface area (Å²) < 4.78 is 27.6. The summed E-state index contributed by atoms with van der Waals surface area (Å²) in [5.41, 5.74) is 1.60. The fourth-order valence-electron chi connectivity index (χ4n) is 2.30. The summed E-state index contributed by atoms with van der Waals surface area (Å²) in [7, 11) is -2.21. The van der Waals surface area contributed by atoms with Gasteiger partial charge in [0.1, 0.15) is 0 Å². The lowest BCUT2D eigenvalue weighted by Gasteiger charge is -2.09. The Kier molecular flexibility index (Phi) is 3.79. The van der Waals surface area contributed by atoms with Gasteiger partial charge in [-0.2, -0.15) is 0 Å². The van der Waals surface area contributed by atoms with Gasteiger partial charge in [0, 0.05) is 24.2 Å². The molecule has 7 heteroatoms. The van der Waals surface area contributed by atoms with Gasteiger partial charge in [-0.3, -0.25) is 9.52 Å². The summed E-state index contributed by atoms with van der Waals surface area (Å²) >= 11 is 0. The molecule has 23 heavy (non-hydrogen) atoms. The van der Waals surface area contributed by atoms with Crippen LogP contribution in [0.2, 0.25) is 0 Å². The maximum Gasteiger partial charge on any atom is 0.261 e. The van der Waals surface area contributed by atoms with E-state index in [4.69, 9.17) is 0 Å². The lowest BCUT2D eigenvalue weighted by atomic mass is 10.2. The standard InChI is InChI=1S/C16H15N3O3S/c1-17-16(20)12-5-7-13(8-6-12)23(21,22)19-14-4-2-3-11-9-10-18-15(11)14/h2-10,18-19H,1H3,(H,17,20). The highest BCUT2D eigenvalue weighted by atomic mass is 32.2. The van der Waals surface area contributed by atoms with Crippen LogP contribution in [0.15, 0.2) is 59.6 Å². The summed E-state index contributed by atoms with van der Waals surface area (Å²) in [5, 5.41) is 3.41. The zero-order valence-electron chi connectivity index (χ0n) is 12.3. The van der Waals surface area contributed by atoms with Crippen LogP contribution in [0.3, 0.4) is 0 Å². The number of hydrogen-bond donors (Lipinski definition) is 3. The number of aromatic amines is 1. The highest BCUT2D eigenvalue weighted by Gasteiger charge is 2.16. The number of aromatic nitrogens is 1. The monoisotopic (exact) mass is 329 g/mol. The topological polar surface area (TPSA) is 91.1 Å². The van der Waals surface area contributed by atoms with Gasteiger partial charge < -0.3 is 10.3 Å². The third-order valence-corrected chi connectivity index (χ3v) is 4.87. The minimum Gasteiger partial charge on any atom is -0.359 e. The van der Waals surface area contributed by atoms with Crippen molar-refractivity contribution in [2.75, 3.05) is 11.8 Å². The summed E-state index contributed by atoms with van der Waals surface area (Å²) in [6.45, 7) is 0. The first-order valence-electron chi connectivity index (χ1n) is 6.92. The van der Waals surface area contributed by atoms with Gasteiger partial charge in [0.15, 0.2) is 0 Å². The Morgan fingerprint density at radius 2 is 1.78 bits per heavy atom. The summed E-state index contributed by atoms with van der Waals surface area (Å²) in [6.07, 6.45) is 1.75. The first-order valence-corrected chi connectivity index (χ1v) is 8.40. The van der Waals surface area contributed by atoms with E-state index in [9.17, 15) is 13.2 Å². The van der Waals surface area contributed by atoms with Crippen LogP contribution < -0.4 is 10.0 Å². The second-order valence-electron chi connectivity index (χ2n) is 4.96. The average Bonchev–Trinajstić information content (AvgIpc) is 3.04. The van der Waals surface area contributed by atoms with Crippen LogP contribution in [0, 0.1) is 0 Å². The maximum absolute atomic E-state index is 12.5. The van der Waals surface area contributed by atoms with Gasteiger partial charge in [-0.05, 0) is 36.4 Å². The zero-order chi connectivity index (χ0) is 16.4. The van der Waals surface area contributed by atoms with Crippen molar-refractivity contribution in [3.8, 4) is 0 Å². The lowest BCUT2D eigenvalue weighted by molar-refractivity contribution is 0.0963. The molecule has 0 atom stereocenters. The van der Waals surface area contributed by atoms with Crippen molar-refractivity contribution in [3.05, 3.63) is 60.3 Å². The molecule has 0 aliphatic heterocycles. The largest absolute Gasteiger partial charge is 0.359 e. The number of carbonyl (C=O) groups excluding carboxylic acids is 1. The van der Waals surface area contributed by atoms with Crippen LogP contribution in [0.5, 0.6) is 0 Å². The number of hydrogen-bond acceptors (Lipinski definition) is 3. The van der Waals surface area contributed by atoms with Crippen molar-refractivity contribution in [2.45, 2.75) is 4.90 Å². The van der Waals surface area contributed by atoms with E-state index in [-0.39, 0.29) is 10.8 Å². The number of carbonyl (C=O) groups is 1. The number of para-hydroxylation sites is 1. The van der Waals surface area contributed by atoms with Gasteiger partial charge >= 0.3 is 0 Å². The summed E-state index contributed by atoms with van der Waals surface area (Å²) in [5.74, 6) is -0.266. The summed E-state index contributed by atoms with van der Waals surface area (Å²) in [4.78, 5) is 14.6. The molecular formula is C16H15N3O3S. The van der Waals surface area contributed by atoms with Crippen molar-refractivity contribution in [1.29, 1.82) is 0 Å². The van der Waals surface area contributed by atoms with E-state index in [1.807, 2.05) is 12.1 Å². The SMILES string of the molecule is CNC(=O)c1ccc(S(=O)(=O)Nc2cccc3cc[nH]c23)cc1. The molecule has 0 fully saturated rings. The number of H-pyrrole nitrogens is 1. The minimum absolute atomic E-state index is 0.0914. The lowest BCUT2D eigenvalue weighted by Crippen LogP contribution is -2.18. The van der Waals surface area contributed by atoms with Gasteiger partial charge in [-0.25, -0.2) is 8.42 Å². The fourth-order valence-corrected chi connectivity index (χ4v) is 3.38. The minimum atomic E-state index is -3.73. The van der Waals surface area contributed by atoms with E-state index >= 15 is 0 Å². The van der Waals surface area contributed by atoms with Crippen molar-refractivity contribution >= 4 is 32.5 Å². The first kappa shape index (κ1) is 15.1. The first-order chi connectivity index (χ1) is 11.0. The fraction of sp³-hybridized carbons (Fsp3) is 0.0625. The van der Waals surface area contributed by atoms with E-state index in [0.29, 0.717) is 11.3 Å². The van der Waals surface area contributed by atoms with Crippen molar-refractivity contribution in [2.24, 2.45) is 0 Å². The number of rotatable bonds is 4. The molecule has 0 radical (unpaired) electrons. The number of sulfonamides is 1. The van der Waals surface area contributed by atoms with E-state index in [2.05, 4.69) is 15.0 Å². The molecule has 6 nitrogen and oxygen atoms in total. The van der Waals surface area contributed by atoms with Gasteiger partial charge in [-0.15, -0.1) is 0 Å². The molecule has 0 unspecified atom stereocenters. The average molecular weight is 329 g/mol. The van der Waals surface area contributed by atoms with Crippen molar-refractivity contribution < 1.29 is 13.2 Å². The Morgan fingerprint density at radius 3 is 2.48 bits per heavy atom. The van der Waals surface area contributed by atoms with E-state index in [1.54, 1.807) is 18.3 Å². The van der Waals surface area contributed by atoms with Crippen LogP contribution in [0.25, 0.3) is 10.9 Å². The van der Waals surface area contributed by atoms with Crippen molar-refractivity contribution in [1.82, 2.24) is 10.3 Å². The third-order valence-electron chi connectivity index (χ3n) is 3.49. The molecule has 0 aliphatic carbocycles. The Bertz CT molecular complexity index is 960. The summed E-state index contributed by atoms with van der Waals surface area (Å²) in [6, 6.07) is 13.0. The van der Waals surface area contributed by atoms with Crippen LogP contribution in [0.1, 0.15) is 10.4 Å². The Morgan fingerprint density at radius 1 is 1.04 bits per heavy atom. The molecule has 0 spiro atoms. The van der Waals surface area contributed by atoms with E-state index in [1.165, 1.54) is 31.3 Å². The number of anilines is 1. The molecule has 2 aromatic carbocycles. The van der Waals surface area contributed by atoms with Gasteiger partial charge in [0.2, 0.25) is 0 Å². The zero-order valence-corrected chi connectivity index (χ0v) is 13.1. The molecule has 1 aromatic heterocycles. The van der Waals surface area contributed by atoms with Crippen molar-refractivity contribution in [3.63, 3.8) is 0 Å². The van der Waals surface area contributed by atoms with Gasteiger partial charge in [-0.1, -0.05) is 12.1 Å². The number of fused-ring (bicyclic) bond motifs is 1. The molecule has 118 valence electrons. The molecule has 0 saturated heterocycles. The molecule has 3 rings (SSSR count). The number of amides is 1. The van der Waals surface area contributed by atoms with Crippen LogP contribution >= 0.6 is 0 Å². The molecule has 0 saturated carbocycles. The van der Waals surface area contributed by atoms with Crippen LogP contribution in [-0.4, -0.2) is 26.4 Å². The normalized spacial score (nSPS) is 11.3. The number of nitrogens with one attached hydrogen (secondary N) is 3. The predicted octanol–water partition coefficient (Wildman–Crippen LogP) is 2.33. The Labute approximate surface area is 133 Å². The highest BCUT2D eigenvalue weighted by Crippen LogP contribution is 2.24. The molecule has 3 N–H and O–H groups in total. The van der Waals surface area contributed by atoms with Crippen LogP contribution in [-0.2, 0) is 10.0 Å². The van der Waals surface area contributed by atoms with Crippen LogP contribution in [0.4, 0.5) is 5.69 Å². The van der Waals surface area contributed by atoms with Gasteiger partial charge in [0.05, 0.1) is 16.1 Å². The maximum atomic E-state index is 12.5. The van der Waals surface area contributed by atoms with Gasteiger partial charge in [0.25, 0.3) is 15.9 Å². The molecule has 3 aromatic rings. The van der Waals surface area contributed by atoms with E-state index in [0.717, 1.165) is 10.9 Å². The highest BCUT2D eigenvalue weighted by molar-refractivity contribution is 7.92. The smallest absolute Gasteiger partial charge is 0.261 e. The molecular weight excluding hydrogens is 314 g/mol. The second kappa shape index (κ2) is 5.77. The third kappa shape index (κ3) is 2.91. The molecule has 1 amide bonds. The quantitative estimate of drug-likeness (QED) is 0.686. The number of benzene rings is 2. The molecule has 1 heterocycles. The predicted molar refractivity (Wildman–Crippen MR) is 88.9 cm³/mol. The molecule has 0 bridgehead atoms. The van der Waals surface area contributed by atoms with E-state index < -0.39 is 10.0 Å². The second-order valence-corrected chi connectivity index (χ2v) is 6.64.